The molecule has 0 amide bonds. The summed E-state index contributed by atoms with van der Waals surface area (Å²) in [5.41, 5.74) is 2.77. The summed E-state index contributed by atoms with van der Waals surface area (Å²) >= 11 is 0. The van der Waals surface area contributed by atoms with Crippen molar-refractivity contribution in [2.75, 3.05) is 32.7 Å². The fraction of sp³-hybridized carbons (Fsp3) is 0.471. The maximum absolute atomic E-state index is 10.4. The van der Waals surface area contributed by atoms with E-state index in [2.05, 4.69) is 21.6 Å². The Bertz CT molecular complexity index is 1080. The van der Waals surface area contributed by atoms with Crippen LogP contribution in [0.5, 0.6) is 17.2 Å². The predicted octanol–water partition coefficient (Wildman–Crippen LogP) is 7.09. The van der Waals surface area contributed by atoms with Crippen LogP contribution in [0.4, 0.5) is 0 Å². The fourth-order valence-electron chi connectivity index (χ4n) is 4.64. The van der Waals surface area contributed by atoms with Crippen molar-refractivity contribution in [3.8, 4) is 17.2 Å². The first-order chi connectivity index (χ1) is 19.5. The molecule has 222 valence electrons. The summed E-state index contributed by atoms with van der Waals surface area (Å²) in [4.78, 5) is 7.18. The van der Waals surface area contributed by atoms with Crippen LogP contribution in [0.2, 0.25) is 0 Å². The zero-order chi connectivity index (χ0) is 29.9. The smallest absolute Gasteiger partial charge is 0.120 e. The summed E-state index contributed by atoms with van der Waals surface area (Å²) in [5.74, 6) is 0.978. The van der Waals surface area contributed by atoms with Gasteiger partial charge in [-0.3, -0.25) is 14.7 Å². The van der Waals surface area contributed by atoms with Crippen molar-refractivity contribution in [2.45, 2.75) is 74.1 Å². The molecule has 0 aliphatic carbocycles. The number of para-hydroxylation sites is 3. The molecule has 6 heteroatoms. The lowest BCUT2D eigenvalue weighted by Gasteiger charge is -2.32. The number of aromatic hydroxyl groups is 3. The number of hydrogen-bond donors (Lipinski definition) is 3. The molecule has 0 bridgehead atoms. The van der Waals surface area contributed by atoms with Gasteiger partial charge >= 0.3 is 0 Å². The highest BCUT2D eigenvalue weighted by Gasteiger charge is 2.23. The van der Waals surface area contributed by atoms with Gasteiger partial charge in [0.2, 0.25) is 0 Å². The summed E-state index contributed by atoms with van der Waals surface area (Å²) < 4.78 is 0. The minimum atomic E-state index is 0.260. The monoisotopic (exact) mass is 551 g/mol. The molecule has 1 fully saturated rings. The van der Waals surface area contributed by atoms with Crippen molar-refractivity contribution in [2.24, 2.45) is 0 Å². The van der Waals surface area contributed by atoms with Crippen molar-refractivity contribution in [3.63, 3.8) is 0 Å². The second-order valence-corrected chi connectivity index (χ2v) is 9.22. The van der Waals surface area contributed by atoms with E-state index in [1.165, 1.54) is 0 Å². The number of benzene rings is 3. The maximum atomic E-state index is 10.4. The van der Waals surface area contributed by atoms with Crippen molar-refractivity contribution in [3.05, 3.63) is 89.5 Å². The molecule has 3 aromatic carbocycles. The highest BCUT2D eigenvalue weighted by atomic mass is 16.3. The lowest BCUT2D eigenvalue weighted by molar-refractivity contribution is 0.147. The van der Waals surface area contributed by atoms with Gasteiger partial charge in [-0.1, -0.05) is 96.1 Å². The Morgan fingerprint density at radius 2 is 0.875 bits per heavy atom. The second kappa shape index (κ2) is 19.9. The second-order valence-electron chi connectivity index (χ2n) is 9.22. The Hall–Kier alpha value is -3.06. The normalized spacial score (nSPS) is 16.4. The SMILES string of the molecule is CC.CC.CC.CC1CN(Cc2ccccc2O)CCN(Cc2ccccc2O)CCN1Cc1ccccc1O. The molecule has 1 unspecified atom stereocenters. The Morgan fingerprint density at radius 1 is 0.525 bits per heavy atom. The number of phenolic OH excluding ortho intramolecular Hbond substituents is 3. The first-order valence-electron chi connectivity index (χ1n) is 15.0. The molecule has 4 rings (SSSR count). The molecule has 40 heavy (non-hydrogen) atoms. The van der Waals surface area contributed by atoms with E-state index in [9.17, 15) is 15.3 Å². The van der Waals surface area contributed by atoms with Crippen LogP contribution in [0.1, 0.15) is 65.2 Å². The minimum Gasteiger partial charge on any atom is -0.508 e. The van der Waals surface area contributed by atoms with Crippen LogP contribution in [0.25, 0.3) is 0 Å². The van der Waals surface area contributed by atoms with Gasteiger partial charge in [-0.15, -0.1) is 0 Å². The van der Waals surface area contributed by atoms with Crippen LogP contribution >= 0.6 is 0 Å². The highest BCUT2D eigenvalue weighted by Crippen LogP contribution is 2.23. The molecule has 1 atom stereocenters. The summed E-state index contributed by atoms with van der Waals surface area (Å²) in [7, 11) is 0. The van der Waals surface area contributed by atoms with Crippen LogP contribution in [-0.4, -0.2) is 68.8 Å². The number of rotatable bonds is 6. The molecule has 0 spiro atoms. The molecular weight excluding hydrogens is 498 g/mol. The van der Waals surface area contributed by atoms with Crippen LogP contribution in [0, 0.1) is 0 Å². The molecule has 1 aliphatic rings. The van der Waals surface area contributed by atoms with Gasteiger partial charge in [0, 0.05) is 75.1 Å². The lowest BCUT2D eigenvalue weighted by atomic mass is 10.1. The van der Waals surface area contributed by atoms with Gasteiger partial charge in [0.1, 0.15) is 17.2 Å². The van der Waals surface area contributed by atoms with Gasteiger partial charge in [-0.05, 0) is 25.1 Å². The zero-order valence-corrected chi connectivity index (χ0v) is 25.8. The summed E-state index contributed by atoms with van der Waals surface area (Å²) in [6.07, 6.45) is 0. The van der Waals surface area contributed by atoms with Crippen LogP contribution in [0.3, 0.4) is 0 Å². The number of hydrogen-bond acceptors (Lipinski definition) is 6. The predicted molar refractivity (Wildman–Crippen MR) is 169 cm³/mol. The molecule has 6 nitrogen and oxygen atoms in total. The summed E-state index contributed by atoms with van der Waals surface area (Å²) in [6, 6.07) is 22.8. The molecule has 3 aromatic rings. The molecule has 1 saturated heterocycles. The zero-order valence-electron chi connectivity index (χ0n) is 25.8. The minimum absolute atomic E-state index is 0.260. The van der Waals surface area contributed by atoms with E-state index in [4.69, 9.17) is 0 Å². The average molecular weight is 552 g/mol. The summed E-state index contributed by atoms with van der Waals surface area (Å²) in [5, 5.41) is 31.0. The Kier molecular flexibility index (Phi) is 17.4. The first-order valence-corrected chi connectivity index (χ1v) is 15.0. The van der Waals surface area contributed by atoms with E-state index in [1.54, 1.807) is 18.2 Å². The van der Waals surface area contributed by atoms with Gasteiger partial charge in [0.05, 0.1) is 0 Å². The molecule has 0 aromatic heterocycles. The van der Waals surface area contributed by atoms with Gasteiger partial charge in [0.25, 0.3) is 0 Å². The van der Waals surface area contributed by atoms with Crippen molar-refractivity contribution >= 4 is 0 Å². The number of nitrogens with zero attached hydrogens (tertiary/aromatic N) is 3. The van der Waals surface area contributed by atoms with Crippen LogP contribution < -0.4 is 0 Å². The standard InChI is InChI=1S/C28H35N3O3.3C2H6/c1-22-18-30(20-24-9-3-6-12-27(24)33)15-14-29(19-23-8-2-5-11-26(23)32)16-17-31(22)21-25-10-4-7-13-28(25)34;3*1-2/h2-13,22,32-34H,14-21H2,1H3;3*1-2H3. The molecule has 1 aliphatic heterocycles. The summed E-state index contributed by atoms with van der Waals surface area (Å²) in [6.45, 7) is 20.5. The van der Waals surface area contributed by atoms with Crippen LogP contribution in [-0.2, 0) is 19.6 Å². The molecule has 3 N–H and O–H groups in total. The fourth-order valence-corrected chi connectivity index (χ4v) is 4.64. The highest BCUT2D eigenvalue weighted by molar-refractivity contribution is 5.33. The van der Waals surface area contributed by atoms with Crippen molar-refractivity contribution < 1.29 is 15.3 Å². The third kappa shape index (κ3) is 11.2. The molecular formula is C34H53N3O3. The van der Waals surface area contributed by atoms with E-state index < -0.39 is 0 Å². The van der Waals surface area contributed by atoms with Crippen molar-refractivity contribution in [1.82, 2.24) is 14.7 Å². The third-order valence-corrected chi connectivity index (χ3v) is 6.72. The molecule has 0 radical (unpaired) electrons. The molecule has 0 saturated carbocycles. The van der Waals surface area contributed by atoms with E-state index in [-0.39, 0.29) is 6.04 Å². The Balaban J connectivity index is 0.00000125. The maximum Gasteiger partial charge on any atom is 0.120 e. The first kappa shape index (κ1) is 35.0. The Labute approximate surface area is 243 Å². The average Bonchev–Trinajstić information content (AvgIpc) is 3.05. The number of phenols is 3. The topological polar surface area (TPSA) is 70.4 Å². The third-order valence-electron chi connectivity index (χ3n) is 6.72. The van der Waals surface area contributed by atoms with Crippen molar-refractivity contribution in [1.29, 1.82) is 0 Å². The molecule has 1 heterocycles. The van der Waals surface area contributed by atoms with E-state index in [0.717, 1.165) is 49.4 Å². The van der Waals surface area contributed by atoms with Gasteiger partial charge < -0.3 is 15.3 Å². The Morgan fingerprint density at radius 3 is 1.32 bits per heavy atom. The lowest BCUT2D eigenvalue weighted by Crippen LogP contribution is -2.42. The van der Waals surface area contributed by atoms with E-state index in [0.29, 0.717) is 36.9 Å². The van der Waals surface area contributed by atoms with E-state index in [1.807, 2.05) is 96.1 Å². The quantitative estimate of drug-likeness (QED) is 0.304. The largest absolute Gasteiger partial charge is 0.508 e. The van der Waals surface area contributed by atoms with E-state index >= 15 is 0 Å². The van der Waals surface area contributed by atoms with Gasteiger partial charge in [-0.2, -0.15) is 0 Å². The van der Waals surface area contributed by atoms with Gasteiger partial charge in [0.15, 0.2) is 0 Å². The van der Waals surface area contributed by atoms with Gasteiger partial charge in [-0.25, -0.2) is 0 Å². The van der Waals surface area contributed by atoms with Crippen LogP contribution in [0.15, 0.2) is 72.8 Å².